The van der Waals surface area contributed by atoms with Gasteiger partial charge in [-0.25, -0.2) is 9.97 Å². The molecule has 4 aromatic rings. The second-order valence-electron chi connectivity index (χ2n) is 7.01. The standard InChI is InChI=1S/C21H20N8OS/c1-31-21-26-18-14(11-16-15-5-2-3-6-17(15)25-19(16)30)12-24-29(18)20(27-21)23-7-4-9-28-10-8-22-13-28/h2-3,5-6,8,10-13H,4,7,9H2,1H3,(H,25,30)(H,23,26,27). The van der Waals surface area contributed by atoms with Gasteiger partial charge in [0.1, 0.15) is 0 Å². The van der Waals surface area contributed by atoms with Crippen molar-refractivity contribution in [3.8, 4) is 0 Å². The molecule has 0 unspecified atom stereocenters. The van der Waals surface area contributed by atoms with Gasteiger partial charge in [-0.15, -0.1) is 0 Å². The van der Waals surface area contributed by atoms with E-state index in [1.807, 2.05) is 47.4 Å². The average Bonchev–Trinajstić information content (AvgIpc) is 3.51. The van der Waals surface area contributed by atoms with Gasteiger partial charge < -0.3 is 15.2 Å². The van der Waals surface area contributed by atoms with Gasteiger partial charge in [-0.3, -0.25) is 4.79 Å². The van der Waals surface area contributed by atoms with Crippen LogP contribution < -0.4 is 10.6 Å². The molecule has 1 aliphatic rings. The topological polar surface area (TPSA) is 102 Å². The van der Waals surface area contributed by atoms with E-state index in [9.17, 15) is 4.79 Å². The minimum Gasteiger partial charge on any atom is -0.354 e. The minimum absolute atomic E-state index is 0.127. The third kappa shape index (κ3) is 3.77. The van der Waals surface area contributed by atoms with Crippen LogP contribution in [-0.4, -0.2) is 47.8 Å². The number of nitrogens with zero attached hydrogens (tertiary/aromatic N) is 6. The number of aromatic nitrogens is 6. The molecule has 0 bridgehead atoms. The average molecular weight is 433 g/mol. The van der Waals surface area contributed by atoms with Gasteiger partial charge in [-0.05, 0) is 24.8 Å². The van der Waals surface area contributed by atoms with Gasteiger partial charge in [0.05, 0.1) is 12.5 Å². The predicted octanol–water partition coefficient (Wildman–Crippen LogP) is 3.04. The quantitative estimate of drug-likeness (QED) is 0.263. The van der Waals surface area contributed by atoms with Crippen molar-refractivity contribution < 1.29 is 4.79 Å². The van der Waals surface area contributed by atoms with Crippen molar-refractivity contribution in [3.05, 3.63) is 60.3 Å². The Morgan fingerprint density at radius 2 is 2.16 bits per heavy atom. The van der Waals surface area contributed by atoms with E-state index in [4.69, 9.17) is 0 Å². The molecule has 0 saturated heterocycles. The fraction of sp³-hybridized carbons (Fsp3) is 0.190. The number of imidazole rings is 1. The largest absolute Gasteiger partial charge is 0.354 e. The number of para-hydroxylation sites is 1. The van der Waals surface area contributed by atoms with E-state index in [2.05, 4.69) is 30.7 Å². The van der Waals surface area contributed by atoms with Gasteiger partial charge in [0.2, 0.25) is 5.95 Å². The van der Waals surface area contributed by atoms with Crippen LogP contribution in [0.3, 0.4) is 0 Å². The summed E-state index contributed by atoms with van der Waals surface area (Å²) in [6.45, 7) is 1.59. The molecule has 3 aromatic heterocycles. The maximum absolute atomic E-state index is 12.5. The smallest absolute Gasteiger partial charge is 0.256 e. The zero-order chi connectivity index (χ0) is 21.2. The molecule has 9 nitrogen and oxygen atoms in total. The van der Waals surface area contributed by atoms with E-state index in [0.717, 1.165) is 36.3 Å². The number of thioether (sulfide) groups is 1. The Hall–Kier alpha value is -3.66. The zero-order valence-corrected chi connectivity index (χ0v) is 17.6. The summed E-state index contributed by atoms with van der Waals surface area (Å²) in [5.74, 6) is 0.499. The molecule has 1 amide bonds. The lowest BCUT2D eigenvalue weighted by Crippen LogP contribution is -2.12. The highest BCUT2D eigenvalue weighted by molar-refractivity contribution is 7.98. The van der Waals surface area contributed by atoms with Crippen LogP contribution in [0.15, 0.2) is 54.3 Å². The predicted molar refractivity (Wildman–Crippen MR) is 121 cm³/mol. The SMILES string of the molecule is CSc1nc(NCCCn2ccnc2)n2ncc(C=C3C(=O)Nc4ccccc43)c2n1. The molecule has 10 heteroatoms. The molecule has 0 radical (unpaired) electrons. The minimum atomic E-state index is -0.127. The Morgan fingerprint density at radius 3 is 3.00 bits per heavy atom. The van der Waals surface area contributed by atoms with Crippen LogP contribution in [0.25, 0.3) is 17.3 Å². The number of nitrogens with one attached hydrogen (secondary N) is 2. The monoisotopic (exact) mass is 432 g/mol. The van der Waals surface area contributed by atoms with Gasteiger partial charge in [-0.2, -0.15) is 14.6 Å². The Kier molecular flexibility index (Phi) is 5.13. The van der Waals surface area contributed by atoms with E-state index in [1.54, 1.807) is 23.2 Å². The number of aryl methyl sites for hydroxylation is 1. The number of hydrogen-bond donors (Lipinski definition) is 2. The lowest BCUT2D eigenvalue weighted by Gasteiger charge is -2.09. The first kappa shape index (κ1) is 19.3. The summed E-state index contributed by atoms with van der Waals surface area (Å²) in [5, 5.41) is 11.4. The van der Waals surface area contributed by atoms with Crippen molar-refractivity contribution in [1.29, 1.82) is 0 Å². The van der Waals surface area contributed by atoms with Crippen LogP contribution in [0.1, 0.15) is 17.5 Å². The van der Waals surface area contributed by atoms with Crippen LogP contribution in [0.4, 0.5) is 11.6 Å². The van der Waals surface area contributed by atoms with Gasteiger partial charge in [0, 0.05) is 47.9 Å². The molecule has 0 fully saturated rings. The van der Waals surface area contributed by atoms with Crippen LogP contribution >= 0.6 is 11.8 Å². The second kappa shape index (κ2) is 8.23. The highest BCUT2D eigenvalue weighted by Gasteiger charge is 2.24. The number of fused-ring (bicyclic) bond motifs is 2. The number of carbonyl (C=O) groups excluding carboxylic acids is 1. The molecule has 4 heterocycles. The van der Waals surface area contributed by atoms with E-state index in [-0.39, 0.29) is 5.91 Å². The third-order valence-electron chi connectivity index (χ3n) is 5.00. The fourth-order valence-electron chi connectivity index (χ4n) is 3.50. The summed E-state index contributed by atoms with van der Waals surface area (Å²) in [6, 6.07) is 7.65. The zero-order valence-electron chi connectivity index (χ0n) is 16.8. The number of hydrogen-bond acceptors (Lipinski definition) is 7. The summed E-state index contributed by atoms with van der Waals surface area (Å²) >= 11 is 1.46. The Labute approximate surface area is 182 Å². The molecule has 5 rings (SSSR count). The van der Waals surface area contributed by atoms with Crippen LogP contribution in [0.5, 0.6) is 0 Å². The van der Waals surface area contributed by atoms with E-state index < -0.39 is 0 Å². The number of benzene rings is 1. The Morgan fingerprint density at radius 1 is 1.26 bits per heavy atom. The summed E-state index contributed by atoms with van der Waals surface area (Å²) in [4.78, 5) is 25.8. The molecule has 31 heavy (non-hydrogen) atoms. The molecule has 0 spiro atoms. The number of anilines is 2. The first-order valence-electron chi connectivity index (χ1n) is 9.85. The van der Waals surface area contributed by atoms with Crippen molar-refractivity contribution >= 4 is 46.6 Å². The van der Waals surface area contributed by atoms with Crippen molar-refractivity contribution in [1.82, 2.24) is 29.1 Å². The van der Waals surface area contributed by atoms with Crippen molar-refractivity contribution in [2.24, 2.45) is 0 Å². The lowest BCUT2D eigenvalue weighted by atomic mass is 10.1. The lowest BCUT2D eigenvalue weighted by molar-refractivity contribution is -0.110. The summed E-state index contributed by atoms with van der Waals surface area (Å²) < 4.78 is 3.72. The summed E-state index contributed by atoms with van der Waals surface area (Å²) in [6.07, 6.45) is 11.9. The van der Waals surface area contributed by atoms with Crippen molar-refractivity contribution in [2.45, 2.75) is 18.1 Å². The van der Waals surface area contributed by atoms with Crippen LogP contribution in [-0.2, 0) is 11.3 Å². The molecule has 0 saturated carbocycles. The summed E-state index contributed by atoms with van der Waals surface area (Å²) in [7, 11) is 0. The Bertz CT molecular complexity index is 1280. The molecular formula is C21H20N8OS. The Balaban J connectivity index is 1.44. The number of amides is 1. The van der Waals surface area contributed by atoms with Crippen molar-refractivity contribution in [3.63, 3.8) is 0 Å². The van der Waals surface area contributed by atoms with E-state index in [0.29, 0.717) is 22.3 Å². The van der Waals surface area contributed by atoms with Gasteiger partial charge in [-0.1, -0.05) is 30.0 Å². The van der Waals surface area contributed by atoms with Gasteiger partial charge >= 0.3 is 0 Å². The van der Waals surface area contributed by atoms with Crippen molar-refractivity contribution in [2.75, 3.05) is 23.4 Å². The third-order valence-corrected chi connectivity index (χ3v) is 5.55. The number of rotatable bonds is 7. The van der Waals surface area contributed by atoms with Crippen LogP contribution in [0.2, 0.25) is 0 Å². The first-order chi connectivity index (χ1) is 15.2. The normalized spacial score (nSPS) is 14.2. The number of carbonyl (C=O) groups is 1. The highest BCUT2D eigenvalue weighted by atomic mass is 32.2. The first-order valence-corrected chi connectivity index (χ1v) is 11.1. The van der Waals surface area contributed by atoms with Gasteiger partial charge in [0.15, 0.2) is 10.8 Å². The molecule has 1 aromatic carbocycles. The molecule has 0 atom stereocenters. The van der Waals surface area contributed by atoms with Crippen LogP contribution in [0, 0.1) is 0 Å². The maximum Gasteiger partial charge on any atom is 0.256 e. The molecule has 0 aliphatic carbocycles. The molecule has 156 valence electrons. The summed E-state index contributed by atoms with van der Waals surface area (Å²) in [5.41, 5.74) is 3.71. The molecular weight excluding hydrogens is 412 g/mol. The fourth-order valence-corrected chi connectivity index (χ4v) is 3.86. The van der Waals surface area contributed by atoms with E-state index in [1.165, 1.54) is 11.8 Å². The second-order valence-corrected chi connectivity index (χ2v) is 7.78. The van der Waals surface area contributed by atoms with Gasteiger partial charge in [0.25, 0.3) is 5.91 Å². The van der Waals surface area contributed by atoms with E-state index >= 15 is 0 Å². The molecule has 2 N–H and O–H groups in total. The molecule has 1 aliphatic heterocycles. The highest BCUT2D eigenvalue weighted by Crippen LogP contribution is 2.33. The maximum atomic E-state index is 12.5.